The van der Waals surface area contributed by atoms with Gasteiger partial charge in [0.2, 0.25) is 0 Å². The predicted molar refractivity (Wildman–Crippen MR) is 85.3 cm³/mol. The third-order valence-corrected chi connectivity index (χ3v) is 3.26. The molecule has 0 unspecified atom stereocenters. The van der Waals surface area contributed by atoms with Gasteiger partial charge in [0.1, 0.15) is 20.4 Å². The van der Waals surface area contributed by atoms with Crippen LogP contribution in [0, 0.1) is 21.6 Å². The van der Waals surface area contributed by atoms with Crippen LogP contribution in [-0.4, -0.2) is 32.8 Å². The zero-order valence-electron chi connectivity index (χ0n) is 12.9. The van der Waals surface area contributed by atoms with Crippen LogP contribution < -0.4 is 4.74 Å². The Morgan fingerprint density at radius 1 is 1.24 bits per heavy atom. The molecular formula is C15H21NO4Si. The highest BCUT2D eigenvalue weighted by atomic mass is 28.3. The minimum atomic E-state index is -1.53. The Morgan fingerprint density at radius 3 is 2.52 bits per heavy atom. The van der Waals surface area contributed by atoms with Gasteiger partial charge in [-0.2, -0.15) is 0 Å². The first kappa shape index (κ1) is 17.2. The highest BCUT2D eigenvalue weighted by Gasteiger charge is 2.11. The number of rotatable bonds is 6. The van der Waals surface area contributed by atoms with Gasteiger partial charge in [0, 0.05) is 18.2 Å². The van der Waals surface area contributed by atoms with Crippen molar-refractivity contribution in [1.82, 2.24) is 0 Å². The number of benzene rings is 1. The lowest BCUT2D eigenvalue weighted by molar-refractivity contribution is -0.385. The van der Waals surface area contributed by atoms with Crippen molar-refractivity contribution in [3.63, 3.8) is 0 Å². The molecule has 0 fully saturated rings. The van der Waals surface area contributed by atoms with E-state index in [0.717, 1.165) is 0 Å². The number of nitro benzene ring substituents is 1. The highest BCUT2D eigenvalue weighted by Crippen LogP contribution is 2.22. The fourth-order valence-corrected chi connectivity index (χ4v) is 1.99. The van der Waals surface area contributed by atoms with Crippen LogP contribution in [0.25, 0.3) is 0 Å². The van der Waals surface area contributed by atoms with Gasteiger partial charge in [-0.05, 0) is 13.0 Å². The molecule has 0 bridgehead atoms. The standard InChI is InChI=1S/C15H21NO4Si/c1-5-19-7-8-20-15-11-13(6-9-21(2,3)4)10-14(12-15)16(17)18/h10-12H,5,7-8H2,1-4H3. The second-order valence-corrected chi connectivity index (χ2v) is 10.3. The van der Waals surface area contributed by atoms with Crippen LogP contribution in [0.15, 0.2) is 18.2 Å². The second-order valence-electron chi connectivity index (χ2n) is 5.52. The zero-order chi connectivity index (χ0) is 15.9. The van der Waals surface area contributed by atoms with Crippen molar-refractivity contribution < 1.29 is 14.4 Å². The molecule has 0 saturated heterocycles. The Bertz CT molecular complexity index is 555. The number of nitro groups is 1. The first-order valence-corrected chi connectivity index (χ1v) is 10.3. The fourth-order valence-electron chi connectivity index (χ4n) is 1.47. The molecule has 0 aliphatic heterocycles. The van der Waals surface area contributed by atoms with Gasteiger partial charge < -0.3 is 9.47 Å². The molecule has 0 atom stereocenters. The van der Waals surface area contributed by atoms with Crippen molar-refractivity contribution in [3.8, 4) is 17.2 Å². The summed E-state index contributed by atoms with van der Waals surface area (Å²) in [7, 11) is -1.53. The minimum Gasteiger partial charge on any atom is -0.491 e. The third kappa shape index (κ3) is 6.93. The molecule has 1 aromatic rings. The number of non-ortho nitro benzene ring substituents is 1. The molecule has 21 heavy (non-hydrogen) atoms. The second kappa shape index (κ2) is 7.81. The first-order valence-electron chi connectivity index (χ1n) is 6.85. The Balaban J connectivity index is 2.94. The van der Waals surface area contributed by atoms with Gasteiger partial charge in [0.05, 0.1) is 17.6 Å². The molecule has 0 aliphatic carbocycles. The molecular weight excluding hydrogens is 286 g/mol. The van der Waals surface area contributed by atoms with Crippen molar-refractivity contribution in [3.05, 3.63) is 33.9 Å². The van der Waals surface area contributed by atoms with E-state index >= 15 is 0 Å². The molecule has 0 heterocycles. The normalized spacial score (nSPS) is 10.7. The van der Waals surface area contributed by atoms with Gasteiger partial charge >= 0.3 is 0 Å². The van der Waals surface area contributed by atoms with Gasteiger partial charge in [-0.3, -0.25) is 10.1 Å². The van der Waals surface area contributed by atoms with E-state index < -0.39 is 13.0 Å². The molecule has 0 saturated carbocycles. The maximum Gasteiger partial charge on any atom is 0.274 e. The Labute approximate surface area is 126 Å². The van der Waals surface area contributed by atoms with Crippen LogP contribution >= 0.6 is 0 Å². The number of hydrogen-bond acceptors (Lipinski definition) is 4. The summed E-state index contributed by atoms with van der Waals surface area (Å²) in [6, 6.07) is 4.61. The topological polar surface area (TPSA) is 61.6 Å². The largest absolute Gasteiger partial charge is 0.491 e. The van der Waals surface area contributed by atoms with Gasteiger partial charge in [0.25, 0.3) is 5.69 Å². The average molecular weight is 307 g/mol. The summed E-state index contributed by atoms with van der Waals surface area (Å²) in [5.74, 6) is 3.47. The Kier molecular flexibility index (Phi) is 6.40. The van der Waals surface area contributed by atoms with Crippen molar-refractivity contribution in [1.29, 1.82) is 0 Å². The van der Waals surface area contributed by atoms with Crippen molar-refractivity contribution >= 4 is 13.8 Å². The van der Waals surface area contributed by atoms with Gasteiger partial charge in [0.15, 0.2) is 0 Å². The van der Waals surface area contributed by atoms with Crippen LogP contribution in [-0.2, 0) is 4.74 Å². The molecule has 0 radical (unpaired) electrons. The summed E-state index contributed by atoms with van der Waals surface area (Å²) in [5.41, 5.74) is 3.79. The number of hydrogen-bond donors (Lipinski definition) is 0. The highest BCUT2D eigenvalue weighted by molar-refractivity contribution is 6.83. The van der Waals surface area contributed by atoms with E-state index in [1.165, 1.54) is 12.1 Å². The van der Waals surface area contributed by atoms with E-state index in [-0.39, 0.29) is 5.69 Å². The molecule has 1 rings (SSSR count). The molecule has 6 heteroatoms. The fraction of sp³-hybridized carbons (Fsp3) is 0.467. The van der Waals surface area contributed by atoms with Crippen molar-refractivity contribution in [2.45, 2.75) is 26.6 Å². The van der Waals surface area contributed by atoms with E-state index in [4.69, 9.17) is 9.47 Å². The van der Waals surface area contributed by atoms with Crippen molar-refractivity contribution in [2.75, 3.05) is 19.8 Å². The maximum atomic E-state index is 11.0. The maximum absolute atomic E-state index is 11.0. The Hall–Kier alpha value is -1.84. The van der Waals surface area contributed by atoms with Gasteiger partial charge in [-0.25, -0.2) is 0 Å². The molecule has 0 aliphatic rings. The lowest BCUT2D eigenvalue weighted by atomic mass is 10.2. The lowest BCUT2D eigenvalue weighted by Crippen LogP contribution is -2.16. The number of ether oxygens (including phenoxy) is 2. The van der Waals surface area contributed by atoms with E-state index in [2.05, 4.69) is 31.1 Å². The average Bonchev–Trinajstić information content (AvgIpc) is 2.40. The molecule has 114 valence electrons. The monoisotopic (exact) mass is 307 g/mol. The van der Waals surface area contributed by atoms with Crippen LogP contribution in [0.5, 0.6) is 5.75 Å². The minimum absolute atomic E-state index is 0.0104. The molecule has 0 spiro atoms. The third-order valence-electron chi connectivity index (χ3n) is 2.38. The summed E-state index contributed by atoms with van der Waals surface area (Å²) >= 11 is 0. The predicted octanol–water partition coefficient (Wildman–Crippen LogP) is 3.24. The first-order chi connectivity index (χ1) is 9.81. The smallest absolute Gasteiger partial charge is 0.274 e. The van der Waals surface area contributed by atoms with Gasteiger partial charge in [-0.1, -0.05) is 25.6 Å². The molecule has 0 amide bonds. The SMILES string of the molecule is CCOCCOc1cc(C#C[Si](C)(C)C)cc([N+](=O)[O-])c1. The molecule has 0 aromatic heterocycles. The summed E-state index contributed by atoms with van der Waals surface area (Å²) in [4.78, 5) is 10.5. The van der Waals surface area contributed by atoms with E-state index in [0.29, 0.717) is 31.1 Å². The summed E-state index contributed by atoms with van der Waals surface area (Å²) in [6.07, 6.45) is 0. The summed E-state index contributed by atoms with van der Waals surface area (Å²) < 4.78 is 10.7. The van der Waals surface area contributed by atoms with E-state index in [1.54, 1.807) is 6.07 Å². The number of nitrogens with zero attached hydrogens (tertiary/aromatic N) is 1. The van der Waals surface area contributed by atoms with E-state index in [1.807, 2.05) is 6.92 Å². The van der Waals surface area contributed by atoms with Crippen LogP contribution in [0.3, 0.4) is 0 Å². The molecule has 5 nitrogen and oxygen atoms in total. The zero-order valence-corrected chi connectivity index (χ0v) is 13.9. The van der Waals surface area contributed by atoms with Crippen LogP contribution in [0.4, 0.5) is 5.69 Å². The molecule has 1 aromatic carbocycles. The quantitative estimate of drug-likeness (QED) is 0.266. The lowest BCUT2D eigenvalue weighted by Gasteiger charge is -2.07. The van der Waals surface area contributed by atoms with E-state index in [9.17, 15) is 10.1 Å². The summed E-state index contributed by atoms with van der Waals surface area (Å²) in [6.45, 7) is 9.69. The molecule has 0 N–H and O–H groups in total. The van der Waals surface area contributed by atoms with Crippen LogP contribution in [0.2, 0.25) is 19.6 Å². The van der Waals surface area contributed by atoms with Gasteiger partial charge in [-0.15, -0.1) is 5.54 Å². The Morgan fingerprint density at radius 2 is 1.95 bits per heavy atom. The van der Waals surface area contributed by atoms with Crippen LogP contribution in [0.1, 0.15) is 12.5 Å². The van der Waals surface area contributed by atoms with Crippen molar-refractivity contribution in [2.24, 2.45) is 0 Å². The summed E-state index contributed by atoms with van der Waals surface area (Å²) in [5, 5.41) is 11.0.